The first-order valence-electron chi connectivity index (χ1n) is 4.97. The van der Waals surface area contributed by atoms with Crippen LogP contribution in [0.3, 0.4) is 0 Å². The monoisotopic (exact) mass is 246 g/mol. The minimum atomic E-state index is -4.48. The van der Waals surface area contributed by atoms with Crippen LogP contribution < -0.4 is 10.5 Å². The molecule has 0 aromatic carbocycles. The Bertz CT molecular complexity index is 402. The zero-order valence-corrected chi connectivity index (χ0v) is 9.29. The van der Waals surface area contributed by atoms with E-state index < -0.39 is 17.6 Å². The summed E-state index contributed by atoms with van der Waals surface area (Å²) in [7, 11) is 1.15. The highest BCUT2D eigenvalue weighted by Crippen LogP contribution is 2.35. The second kappa shape index (κ2) is 5.67. The number of methoxy groups -OCH3 is 1. The van der Waals surface area contributed by atoms with Crippen LogP contribution in [-0.2, 0) is 6.18 Å². The van der Waals surface area contributed by atoms with Gasteiger partial charge in [0.25, 0.3) is 0 Å². The molecule has 3 nitrogen and oxygen atoms in total. The summed E-state index contributed by atoms with van der Waals surface area (Å²) in [5.41, 5.74) is 4.76. The van der Waals surface area contributed by atoms with Gasteiger partial charge >= 0.3 is 6.18 Å². The highest BCUT2D eigenvalue weighted by Gasteiger charge is 2.35. The number of ether oxygens (including phenoxy) is 1. The van der Waals surface area contributed by atoms with E-state index in [1.807, 2.05) is 0 Å². The quantitative estimate of drug-likeness (QED) is 0.887. The van der Waals surface area contributed by atoms with Gasteiger partial charge in [0.15, 0.2) is 0 Å². The van der Waals surface area contributed by atoms with E-state index in [9.17, 15) is 13.2 Å². The van der Waals surface area contributed by atoms with Crippen LogP contribution in [0.2, 0.25) is 0 Å². The molecule has 0 bridgehead atoms. The Morgan fingerprint density at radius 1 is 1.47 bits per heavy atom. The van der Waals surface area contributed by atoms with E-state index in [0.717, 1.165) is 13.2 Å². The molecule has 0 spiro atoms. The lowest BCUT2D eigenvalue weighted by molar-refractivity contribution is -0.139. The summed E-state index contributed by atoms with van der Waals surface area (Å²) in [4.78, 5) is 3.62. The number of halogens is 3. The third-order valence-corrected chi connectivity index (χ3v) is 2.01. The largest absolute Gasteiger partial charge is 0.481 e. The summed E-state index contributed by atoms with van der Waals surface area (Å²) in [5, 5.41) is 0. The summed E-state index contributed by atoms with van der Waals surface area (Å²) in [6, 6.07) is 0.999. The van der Waals surface area contributed by atoms with Crippen molar-refractivity contribution < 1.29 is 17.9 Å². The van der Waals surface area contributed by atoms with Crippen LogP contribution >= 0.6 is 0 Å². The van der Waals surface area contributed by atoms with E-state index in [1.54, 1.807) is 12.2 Å². The third kappa shape index (κ3) is 3.74. The molecule has 0 unspecified atom stereocenters. The molecule has 1 heterocycles. The van der Waals surface area contributed by atoms with Crippen LogP contribution in [-0.4, -0.2) is 18.6 Å². The predicted molar refractivity (Wildman–Crippen MR) is 58.5 cm³/mol. The first kappa shape index (κ1) is 13.5. The van der Waals surface area contributed by atoms with Gasteiger partial charge in [-0.3, -0.25) is 0 Å². The molecule has 6 heteroatoms. The molecule has 0 radical (unpaired) electrons. The molecule has 0 atom stereocenters. The molecule has 0 saturated heterocycles. The third-order valence-electron chi connectivity index (χ3n) is 2.01. The SMILES string of the molecule is COc1ncc(C=CCCN)cc1C(F)(F)F. The minimum absolute atomic E-state index is 0.367. The van der Waals surface area contributed by atoms with Gasteiger partial charge in [0.1, 0.15) is 5.56 Å². The lowest BCUT2D eigenvalue weighted by Gasteiger charge is -2.11. The standard InChI is InChI=1S/C11H13F3N2O/c1-17-10-9(11(12,13)14)6-8(7-16-10)4-2-3-5-15/h2,4,6-7H,3,5,15H2,1H3. The van der Waals surface area contributed by atoms with Crippen molar-refractivity contribution in [1.82, 2.24) is 4.98 Å². The lowest BCUT2D eigenvalue weighted by atomic mass is 10.1. The van der Waals surface area contributed by atoms with E-state index in [1.165, 1.54) is 6.20 Å². The van der Waals surface area contributed by atoms with Crippen LogP contribution in [0.15, 0.2) is 18.3 Å². The molecule has 0 aliphatic rings. The van der Waals surface area contributed by atoms with Crippen LogP contribution in [0, 0.1) is 0 Å². The average molecular weight is 246 g/mol. The van der Waals surface area contributed by atoms with Crippen LogP contribution in [0.4, 0.5) is 13.2 Å². The molecule has 0 fully saturated rings. The van der Waals surface area contributed by atoms with E-state index in [2.05, 4.69) is 9.72 Å². The van der Waals surface area contributed by atoms with Gasteiger partial charge in [-0.05, 0) is 24.6 Å². The number of aromatic nitrogens is 1. The molecular weight excluding hydrogens is 233 g/mol. The Kier molecular flexibility index (Phi) is 4.51. The molecule has 1 aromatic rings. The highest BCUT2D eigenvalue weighted by molar-refractivity contribution is 5.51. The maximum atomic E-state index is 12.6. The van der Waals surface area contributed by atoms with Gasteiger partial charge < -0.3 is 10.5 Å². The number of alkyl halides is 3. The van der Waals surface area contributed by atoms with Crippen molar-refractivity contribution in [3.8, 4) is 5.88 Å². The average Bonchev–Trinajstić information content (AvgIpc) is 2.28. The zero-order valence-electron chi connectivity index (χ0n) is 9.29. The van der Waals surface area contributed by atoms with Crippen molar-refractivity contribution in [2.45, 2.75) is 12.6 Å². The number of hydrogen-bond acceptors (Lipinski definition) is 3. The van der Waals surface area contributed by atoms with Crippen molar-refractivity contribution in [1.29, 1.82) is 0 Å². The van der Waals surface area contributed by atoms with E-state index in [0.29, 0.717) is 18.5 Å². The van der Waals surface area contributed by atoms with Crippen LogP contribution in [0.1, 0.15) is 17.5 Å². The minimum Gasteiger partial charge on any atom is -0.481 e. The second-order valence-electron chi connectivity index (χ2n) is 3.30. The zero-order chi connectivity index (χ0) is 12.9. The number of rotatable bonds is 4. The molecule has 1 rings (SSSR count). The van der Waals surface area contributed by atoms with E-state index >= 15 is 0 Å². The smallest absolute Gasteiger partial charge is 0.421 e. The maximum Gasteiger partial charge on any atom is 0.421 e. The first-order chi connectivity index (χ1) is 7.99. The van der Waals surface area contributed by atoms with Gasteiger partial charge in [-0.25, -0.2) is 4.98 Å². The summed E-state index contributed by atoms with van der Waals surface area (Å²) in [6.07, 6.45) is 0.697. The van der Waals surface area contributed by atoms with Gasteiger partial charge in [0, 0.05) is 6.20 Å². The Labute approximate surface area is 97.1 Å². The summed E-state index contributed by atoms with van der Waals surface area (Å²) in [5.74, 6) is -0.423. The van der Waals surface area contributed by atoms with Gasteiger partial charge in [0.05, 0.1) is 7.11 Å². The first-order valence-corrected chi connectivity index (χ1v) is 4.97. The van der Waals surface area contributed by atoms with E-state index in [-0.39, 0.29) is 0 Å². The molecule has 94 valence electrons. The van der Waals surface area contributed by atoms with Gasteiger partial charge in [0.2, 0.25) is 5.88 Å². The Hall–Kier alpha value is -1.56. The number of pyridine rings is 1. The van der Waals surface area contributed by atoms with Crippen molar-refractivity contribution in [3.63, 3.8) is 0 Å². The molecule has 1 aromatic heterocycles. The molecular formula is C11H13F3N2O. The summed E-state index contributed by atoms with van der Waals surface area (Å²) >= 11 is 0. The molecule has 0 amide bonds. The van der Waals surface area contributed by atoms with Gasteiger partial charge in [-0.1, -0.05) is 12.2 Å². The van der Waals surface area contributed by atoms with Crippen molar-refractivity contribution >= 4 is 6.08 Å². The topological polar surface area (TPSA) is 48.1 Å². The van der Waals surface area contributed by atoms with Gasteiger partial charge in [-0.2, -0.15) is 13.2 Å². The van der Waals surface area contributed by atoms with Crippen LogP contribution in [0.25, 0.3) is 6.08 Å². The molecule has 17 heavy (non-hydrogen) atoms. The Morgan fingerprint density at radius 2 is 2.18 bits per heavy atom. The Balaban J connectivity index is 3.05. The molecule has 0 aliphatic carbocycles. The number of nitrogens with two attached hydrogens (primary N) is 1. The van der Waals surface area contributed by atoms with Crippen molar-refractivity contribution in [2.75, 3.05) is 13.7 Å². The molecule has 0 aliphatic heterocycles. The maximum absolute atomic E-state index is 12.6. The van der Waals surface area contributed by atoms with Crippen molar-refractivity contribution in [3.05, 3.63) is 29.5 Å². The molecule has 2 N–H and O–H groups in total. The fourth-order valence-electron chi connectivity index (χ4n) is 1.24. The molecule has 0 saturated carbocycles. The normalized spacial score (nSPS) is 12.1. The number of nitrogens with zero attached hydrogens (tertiary/aromatic N) is 1. The fraction of sp³-hybridized carbons (Fsp3) is 0.364. The number of hydrogen-bond donors (Lipinski definition) is 1. The van der Waals surface area contributed by atoms with E-state index in [4.69, 9.17) is 5.73 Å². The highest BCUT2D eigenvalue weighted by atomic mass is 19.4. The second-order valence-corrected chi connectivity index (χ2v) is 3.30. The summed E-state index contributed by atoms with van der Waals surface area (Å²) < 4.78 is 42.5. The van der Waals surface area contributed by atoms with Crippen molar-refractivity contribution in [2.24, 2.45) is 5.73 Å². The predicted octanol–water partition coefficient (Wildman–Crippen LogP) is 2.47. The fourth-order valence-corrected chi connectivity index (χ4v) is 1.24. The Morgan fingerprint density at radius 3 is 2.71 bits per heavy atom. The van der Waals surface area contributed by atoms with Crippen LogP contribution in [0.5, 0.6) is 5.88 Å². The summed E-state index contributed by atoms with van der Waals surface area (Å²) in [6.45, 7) is 0.451. The lowest BCUT2D eigenvalue weighted by Crippen LogP contribution is -2.09. The van der Waals surface area contributed by atoms with Gasteiger partial charge in [-0.15, -0.1) is 0 Å².